The van der Waals surface area contributed by atoms with Crippen molar-refractivity contribution in [1.29, 1.82) is 0 Å². The summed E-state index contributed by atoms with van der Waals surface area (Å²) in [6, 6.07) is 6.39. The van der Waals surface area contributed by atoms with Crippen molar-refractivity contribution in [2.45, 2.75) is 25.8 Å². The van der Waals surface area contributed by atoms with E-state index in [1.807, 2.05) is 0 Å². The molecule has 1 aromatic rings. The van der Waals surface area contributed by atoms with Gasteiger partial charge < -0.3 is 5.73 Å². The third kappa shape index (κ3) is 3.32. The molecule has 108 valence electrons. The normalized spacial score (nSPS) is 21.4. The first kappa shape index (κ1) is 14.9. The van der Waals surface area contributed by atoms with E-state index < -0.39 is 4.92 Å². The molecule has 6 heteroatoms. The maximum atomic E-state index is 10.7. The summed E-state index contributed by atoms with van der Waals surface area (Å²) in [5, 5.41) is 10.7. The molecular weight excluding hydrogens is 274 g/mol. The van der Waals surface area contributed by atoms with Crippen LogP contribution in [0.5, 0.6) is 0 Å². The summed E-state index contributed by atoms with van der Waals surface area (Å²) in [7, 11) is 0. The van der Waals surface area contributed by atoms with Crippen molar-refractivity contribution in [2.75, 3.05) is 13.1 Å². The maximum absolute atomic E-state index is 10.7. The molecule has 0 radical (unpaired) electrons. The van der Waals surface area contributed by atoms with E-state index >= 15 is 0 Å². The number of hydrogen-bond acceptors (Lipinski definition) is 4. The minimum Gasteiger partial charge on any atom is -0.392 e. The highest BCUT2D eigenvalue weighted by atomic mass is 32.1. The minimum absolute atomic E-state index is 0.0856. The van der Waals surface area contributed by atoms with E-state index in [1.165, 1.54) is 18.6 Å². The van der Waals surface area contributed by atoms with E-state index in [-0.39, 0.29) is 11.7 Å². The number of hydrogen-bond donors (Lipinski definition) is 1. The molecule has 0 aliphatic carbocycles. The van der Waals surface area contributed by atoms with Gasteiger partial charge in [-0.15, -0.1) is 0 Å². The monoisotopic (exact) mass is 293 g/mol. The van der Waals surface area contributed by atoms with Crippen LogP contribution in [0.25, 0.3) is 0 Å². The summed E-state index contributed by atoms with van der Waals surface area (Å²) in [4.78, 5) is 13.0. The smallest absolute Gasteiger partial charge is 0.269 e. The Labute approximate surface area is 123 Å². The first-order valence-corrected chi connectivity index (χ1v) is 7.17. The van der Waals surface area contributed by atoms with Gasteiger partial charge in [-0.3, -0.25) is 15.0 Å². The third-order valence-electron chi connectivity index (χ3n) is 3.74. The van der Waals surface area contributed by atoms with Crippen LogP contribution in [-0.2, 0) is 0 Å². The predicted octanol–water partition coefficient (Wildman–Crippen LogP) is 2.65. The number of nitrogens with zero attached hydrogens (tertiary/aromatic N) is 2. The molecule has 20 heavy (non-hydrogen) atoms. The number of thiocarbonyl (C=S) groups is 1. The summed E-state index contributed by atoms with van der Waals surface area (Å²) < 4.78 is 0. The number of piperidine rings is 1. The molecule has 2 unspecified atom stereocenters. The van der Waals surface area contributed by atoms with Gasteiger partial charge in [-0.25, -0.2) is 0 Å². The second-order valence-electron chi connectivity index (χ2n) is 5.40. The summed E-state index contributed by atoms with van der Waals surface area (Å²) >= 11 is 5.21. The Morgan fingerprint density at radius 2 is 2.15 bits per heavy atom. The van der Waals surface area contributed by atoms with E-state index in [1.54, 1.807) is 12.1 Å². The van der Waals surface area contributed by atoms with Crippen molar-refractivity contribution < 1.29 is 4.92 Å². The Bertz CT molecular complexity index is 504. The maximum Gasteiger partial charge on any atom is 0.269 e. The Morgan fingerprint density at radius 1 is 1.50 bits per heavy atom. The second-order valence-corrected chi connectivity index (χ2v) is 5.87. The lowest BCUT2D eigenvalue weighted by Gasteiger charge is -2.37. The lowest BCUT2D eigenvalue weighted by Crippen LogP contribution is -2.42. The Morgan fingerprint density at radius 3 is 2.65 bits per heavy atom. The SMILES string of the molecule is CC1CCCN(C(C(N)=S)c2ccc([N+](=O)[O-])cc2)C1. The van der Waals surface area contributed by atoms with Crippen molar-refractivity contribution in [2.24, 2.45) is 11.7 Å². The fourth-order valence-corrected chi connectivity index (χ4v) is 3.08. The van der Waals surface area contributed by atoms with Crippen molar-refractivity contribution in [3.63, 3.8) is 0 Å². The topological polar surface area (TPSA) is 72.4 Å². The summed E-state index contributed by atoms with van der Waals surface area (Å²) in [6.07, 6.45) is 2.36. The molecule has 2 N–H and O–H groups in total. The molecule has 0 aromatic heterocycles. The van der Waals surface area contributed by atoms with Crippen molar-refractivity contribution >= 4 is 22.9 Å². The van der Waals surface area contributed by atoms with Gasteiger partial charge in [-0.2, -0.15) is 0 Å². The highest BCUT2D eigenvalue weighted by Crippen LogP contribution is 2.28. The minimum atomic E-state index is -0.400. The van der Waals surface area contributed by atoms with Crippen LogP contribution in [0.4, 0.5) is 5.69 Å². The van der Waals surface area contributed by atoms with Crippen LogP contribution in [0.2, 0.25) is 0 Å². The highest BCUT2D eigenvalue weighted by molar-refractivity contribution is 7.80. The molecule has 2 atom stereocenters. The van der Waals surface area contributed by atoms with Gasteiger partial charge in [-0.1, -0.05) is 31.3 Å². The van der Waals surface area contributed by atoms with Crippen LogP contribution in [0.1, 0.15) is 31.4 Å². The van der Waals surface area contributed by atoms with Gasteiger partial charge >= 0.3 is 0 Å². The van der Waals surface area contributed by atoms with Crippen LogP contribution < -0.4 is 5.73 Å². The van der Waals surface area contributed by atoms with E-state index in [9.17, 15) is 10.1 Å². The zero-order valence-corrected chi connectivity index (χ0v) is 12.3. The molecule has 0 bridgehead atoms. The fraction of sp³-hybridized carbons (Fsp3) is 0.500. The molecule has 1 aromatic carbocycles. The second kappa shape index (κ2) is 6.28. The average molecular weight is 293 g/mol. The zero-order valence-electron chi connectivity index (χ0n) is 11.5. The molecule has 1 heterocycles. The van der Waals surface area contributed by atoms with Crippen LogP contribution >= 0.6 is 12.2 Å². The Balaban J connectivity index is 2.24. The van der Waals surface area contributed by atoms with Gasteiger partial charge in [-0.05, 0) is 30.9 Å². The first-order chi connectivity index (χ1) is 9.49. The molecule has 0 amide bonds. The molecule has 0 spiro atoms. The van der Waals surface area contributed by atoms with E-state index in [2.05, 4.69) is 11.8 Å². The quantitative estimate of drug-likeness (QED) is 0.525. The number of rotatable bonds is 4. The number of non-ortho nitro benzene ring substituents is 1. The van der Waals surface area contributed by atoms with Crippen LogP contribution in [0.15, 0.2) is 24.3 Å². The third-order valence-corrected chi connectivity index (χ3v) is 3.97. The van der Waals surface area contributed by atoms with Crippen molar-refractivity contribution in [3.8, 4) is 0 Å². The first-order valence-electron chi connectivity index (χ1n) is 6.76. The van der Waals surface area contributed by atoms with Crippen molar-refractivity contribution in [1.82, 2.24) is 4.90 Å². The zero-order chi connectivity index (χ0) is 14.7. The van der Waals surface area contributed by atoms with Crippen LogP contribution in [-0.4, -0.2) is 27.9 Å². The molecule has 1 fully saturated rings. The number of nitro groups is 1. The molecular formula is C14H19N3O2S. The molecule has 2 rings (SSSR count). The number of nitrogens with two attached hydrogens (primary N) is 1. The van der Waals surface area contributed by atoms with E-state index in [0.29, 0.717) is 10.9 Å². The molecule has 5 nitrogen and oxygen atoms in total. The standard InChI is InChI=1S/C14H19N3O2S/c1-10-3-2-8-16(9-10)13(14(15)20)11-4-6-12(7-5-11)17(18)19/h4-7,10,13H,2-3,8-9H2,1H3,(H2,15,20). The van der Waals surface area contributed by atoms with Gasteiger partial charge in [0.1, 0.15) is 0 Å². The Kier molecular flexibility index (Phi) is 4.67. The van der Waals surface area contributed by atoms with Gasteiger partial charge in [0.05, 0.1) is 16.0 Å². The highest BCUT2D eigenvalue weighted by Gasteiger charge is 2.27. The van der Waals surface area contributed by atoms with E-state index in [4.69, 9.17) is 18.0 Å². The van der Waals surface area contributed by atoms with Gasteiger partial charge in [0.2, 0.25) is 0 Å². The largest absolute Gasteiger partial charge is 0.392 e. The summed E-state index contributed by atoms with van der Waals surface area (Å²) in [5.74, 6) is 0.624. The van der Waals surface area contributed by atoms with Gasteiger partial charge in [0, 0.05) is 18.7 Å². The van der Waals surface area contributed by atoms with Crippen LogP contribution in [0, 0.1) is 16.0 Å². The fourth-order valence-electron chi connectivity index (χ4n) is 2.79. The summed E-state index contributed by atoms with van der Waals surface area (Å²) in [6.45, 7) is 4.14. The summed E-state index contributed by atoms with van der Waals surface area (Å²) in [5.41, 5.74) is 6.91. The average Bonchev–Trinajstić information content (AvgIpc) is 2.39. The predicted molar refractivity (Wildman–Crippen MR) is 82.6 cm³/mol. The number of benzene rings is 1. The lowest BCUT2D eigenvalue weighted by atomic mass is 9.96. The number of likely N-dealkylation sites (tertiary alicyclic amines) is 1. The van der Waals surface area contributed by atoms with E-state index in [0.717, 1.165) is 25.1 Å². The molecule has 1 aliphatic heterocycles. The van der Waals surface area contributed by atoms with Crippen LogP contribution in [0.3, 0.4) is 0 Å². The molecule has 1 aliphatic rings. The number of nitro benzene ring substituents is 1. The molecule has 0 saturated carbocycles. The van der Waals surface area contributed by atoms with Gasteiger partial charge in [0.15, 0.2) is 0 Å². The van der Waals surface area contributed by atoms with Crippen molar-refractivity contribution in [3.05, 3.63) is 39.9 Å². The Hall–Kier alpha value is -1.53. The van der Waals surface area contributed by atoms with Gasteiger partial charge in [0.25, 0.3) is 5.69 Å². The molecule has 1 saturated heterocycles. The lowest BCUT2D eigenvalue weighted by molar-refractivity contribution is -0.384.